The molecule has 1 fully saturated rings. The second kappa shape index (κ2) is 7.85. The molecule has 0 aliphatic carbocycles. The van der Waals surface area contributed by atoms with Gasteiger partial charge in [0, 0.05) is 12.1 Å². The lowest BCUT2D eigenvalue weighted by Gasteiger charge is -2.32. The molecule has 0 spiro atoms. The van der Waals surface area contributed by atoms with Crippen LogP contribution in [0.4, 0.5) is 8.78 Å². The molecule has 1 heterocycles. The van der Waals surface area contributed by atoms with Crippen LogP contribution in [0.5, 0.6) is 0 Å². The van der Waals surface area contributed by atoms with Crippen molar-refractivity contribution >= 4 is 0 Å². The van der Waals surface area contributed by atoms with E-state index >= 15 is 0 Å². The summed E-state index contributed by atoms with van der Waals surface area (Å²) < 4.78 is 28.9. The number of piperidine rings is 1. The first kappa shape index (κ1) is 16.4. The molecular formula is C17H26F2N2. The SMILES string of the molecule is CCCN(CC1CCCNC1)CC(F)(F)c1ccccc1. The van der Waals surface area contributed by atoms with E-state index in [2.05, 4.69) is 5.32 Å². The van der Waals surface area contributed by atoms with Gasteiger partial charge in [-0.1, -0.05) is 37.3 Å². The van der Waals surface area contributed by atoms with Gasteiger partial charge in [0.25, 0.3) is 5.92 Å². The van der Waals surface area contributed by atoms with E-state index in [9.17, 15) is 8.78 Å². The van der Waals surface area contributed by atoms with E-state index in [0.29, 0.717) is 5.92 Å². The smallest absolute Gasteiger partial charge is 0.285 e. The predicted octanol–water partition coefficient (Wildman–Crippen LogP) is 3.49. The van der Waals surface area contributed by atoms with Crippen molar-refractivity contribution in [1.82, 2.24) is 10.2 Å². The minimum atomic E-state index is -2.78. The molecule has 0 saturated carbocycles. The number of halogens is 2. The Morgan fingerprint density at radius 2 is 2.05 bits per heavy atom. The van der Waals surface area contributed by atoms with E-state index in [1.165, 1.54) is 12.1 Å². The highest BCUT2D eigenvalue weighted by Crippen LogP contribution is 2.29. The lowest BCUT2D eigenvalue weighted by Crippen LogP contribution is -2.42. The Labute approximate surface area is 126 Å². The summed E-state index contributed by atoms with van der Waals surface area (Å²) >= 11 is 0. The Morgan fingerprint density at radius 1 is 1.29 bits per heavy atom. The van der Waals surface area contributed by atoms with Crippen LogP contribution < -0.4 is 5.32 Å². The Morgan fingerprint density at radius 3 is 2.67 bits per heavy atom. The minimum absolute atomic E-state index is 0.118. The average molecular weight is 296 g/mol. The quantitative estimate of drug-likeness (QED) is 0.828. The van der Waals surface area contributed by atoms with Crippen molar-refractivity contribution in [3.8, 4) is 0 Å². The molecule has 0 bridgehead atoms. The van der Waals surface area contributed by atoms with Gasteiger partial charge < -0.3 is 5.32 Å². The molecule has 118 valence electrons. The van der Waals surface area contributed by atoms with Gasteiger partial charge in [-0.25, -0.2) is 0 Å². The van der Waals surface area contributed by atoms with Gasteiger partial charge in [0.2, 0.25) is 0 Å². The second-order valence-corrected chi connectivity index (χ2v) is 6.02. The Kier molecular flexibility index (Phi) is 6.12. The monoisotopic (exact) mass is 296 g/mol. The summed E-state index contributed by atoms with van der Waals surface area (Å²) in [5.41, 5.74) is 0.118. The molecule has 1 atom stereocenters. The summed E-state index contributed by atoms with van der Waals surface area (Å²) in [6.07, 6.45) is 3.20. The van der Waals surface area contributed by atoms with E-state index in [4.69, 9.17) is 0 Å². The number of hydrogen-bond acceptors (Lipinski definition) is 2. The summed E-state index contributed by atoms with van der Waals surface area (Å²) in [5.74, 6) is -2.28. The molecular weight excluding hydrogens is 270 g/mol. The van der Waals surface area contributed by atoms with Crippen molar-refractivity contribution in [3.63, 3.8) is 0 Å². The molecule has 0 radical (unpaired) electrons. The molecule has 1 N–H and O–H groups in total. The van der Waals surface area contributed by atoms with Crippen LogP contribution in [0.15, 0.2) is 30.3 Å². The fourth-order valence-electron chi connectivity index (χ4n) is 3.05. The Balaban J connectivity index is 1.97. The summed E-state index contributed by atoms with van der Waals surface area (Å²) in [5, 5.41) is 3.36. The van der Waals surface area contributed by atoms with Crippen LogP contribution in [0.2, 0.25) is 0 Å². The first-order valence-corrected chi connectivity index (χ1v) is 7.98. The lowest BCUT2D eigenvalue weighted by atomic mass is 9.98. The summed E-state index contributed by atoms with van der Waals surface area (Å²) in [6.45, 7) is 5.39. The molecule has 1 saturated heterocycles. The van der Waals surface area contributed by atoms with Gasteiger partial charge in [-0.05, 0) is 44.8 Å². The number of benzene rings is 1. The molecule has 1 aromatic carbocycles. The van der Waals surface area contributed by atoms with E-state index in [0.717, 1.165) is 45.4 Å². The first-order valence-electron chi connectivity index (χ1n) is 7.98. The fourth-order valence-corrected chi connectivity index (χ4v) is 3.05. The van der Waals surface area contributed by atoms with Gasteiger partial charge >= 0.3 is 0 Å². The van der Waals surface area contributed by atoms with Crippen LogP contribution in [0.3, 0.4) is 0 Å². The highest BCUT2D eigenvalue weighted by Gasteiger charge is 2.34. The van der Waals surface area contributed by atoms with E-state index in [1.807, 2.05) is 11.8 Å². The zero-order valence-electron chi connectivity index (χ0n) is 12.8. The third-order valence-corrected chi connectivity index (χ3v) is 4.07. The average Bonchev–Trinajstić information content (AvgIpc) is 2.49. The van der Waals surface area contributed by atoms with Gasteiger partial charge in [0.05, 0.1) is 6.54 Å². The standard InChI is InChI=1S/C17H26F2N2/c1-2-11-21(13-15-7-6-10-20-12-15)14-17(18,19)16-8-4-3-5-9-16/h3-5,8-9,15,20H,2,6-7,10-14H2,1H3. The highest BCUT2D eigenvalue weighted by atomic mass is 19.3. The van der Waals surface area contributed by atoms with Gasteiger partial charge in [-0.3, -0.25) is 4.90 Å². The van der Waals surface area contributed by atoms with E-state index < -0.39 is 5.92 Å². The molecule has 1 aliphatic rings. The van der Waals surface area contributed by atoms with Crippen molar-refractivity contribution in [2.75, 3.05) is 32.7 Å². The fraction of sp³-hybridized carbons (Fsp3) is 0.647. The minimum Gasteiger partial charge on any atom is -0.316 e. The summed E-state index contributed by atoms with van der Waals surface area (Å²) in [4.78, 5) is 1.94. The third-order valence-electron chi connectivity index (χ3n) is 4.07. The van der Waals surface area contributed by atoms with Crippen LogP contribution in [0.1, 0.15) is 31.7 Å². The maximum absolute atomic E-state index is 14.4. The summed E-state index contributed by atoms with van der Waals surface area (Å²) in [6, 6.07) is 8.17. The molecule has 4 heteroatoms. The maximum atomic E-state index is 14.4. The van der Waals surface area contributed by atoms with Crippen molar-refractivity contribution < 1.29 is 8.78 Å². The van der Waals surface area contributed by atoms with Crippen LogP contribution in [0.25, 0.3) is 0 Å². The number of rotatable bonds is 7. The third kappa shape index (κ3) is 5.04. The van der Waals surface area contributed by atoms with Gasteiger partial charge in [-0.2, -0.15) is 8.78 Å². The molecule has 21 heavy (non-hydrogen) atoms. The molecule has 1 aromatic rings. The van der Waals surface area contributed by atoms with Crippen LogP contribution in [0, 0.1) is 5.92 Å². The van der Waals surface area contributed by atoms with Crippen LogP contribution >= 0.6 is 0 Å². The molecule has 1 aliphatic heterocycles. The highest BCUT2D eigenvalue weighted by molar-refractivity contribution is 5.20. The number of nitrogens with zero attached hydrogens (tertiary/aromatic N) is 1. The molecule has 1 unspecified atom stereocenters. The lowest BCUT2D eigenvalue weighted by molar-refractivity contribution is -0.0415. The van der Waals surface area contributed by atoms with Crippen LogP contribution in [-0.2, 0) is 5.92 Å². The van der Waals surface area contributed by atoms with Gasteiger partial charge in [0.1, 0.15) is 0 Å². The molecule has 2 rings (SSSR count). The molecule has 2 nitrogen and oxygen atoms in total. The Hall–Kier alpha value is -1.00. The number of nitrogens with one attached hydrogen (secondary N) is 1. The predicted molar refractivity (Wildman–Crippen MR) is 82.7 cm³/mol. The van der Waals surface area contributed by atoms with E-state index in [-0.39, 0.29) is 12.1 Å². The van der Waals surface area contributed by atoms with Gasteiger partial charge in [0.15, 0.2) is 0 Å². The van der Waals surface area contributed by atoms with Crippen molar-refractivity contribution in [1.29, 1.82) is 0 Å². The second-order valence-electron chi connectivity index (χ2n) is 6.02. The zero-order chi connectivity index (χ0) is 15.1. The van der Waals surface area contributed by atoms with E-state index in [1.54, 1.807) is 18.2 Å². The van der Waals surface area contributed by atoms with Crippen molar-refractivity contribution in [2.45, 2.75) is 32.1 Å². The van der Waals surface area contributed by atoms with Gasteiger partial charge in [-0.15, -0.1) is 0 Å². The number of hydrogen-bond donors (Lipinski definition) is 1. The Bertz CT molecular complexity index is 403. The van der Waals surface area contributed by atoms with Crippen molar-refractivity contribution in [3.05, 3.63) is 35.9 Å². The van der Waals surface area contributed by atoms with Crippen LogP contribution in [-0.4, -0.2) is 37.6 Å². The number of alkyl halides is 2. The maximum Gasteiger partial charge on any atom is 0.285 e. The van der Waals surface area contributed by atoms with Crippen molar-refractivity contribution in [2.24, 2.45) is 5.92 Å². The topological polar surface area (TPSA) is 15.3 Å². The zero-order valence-corrected chi connectivity index (χ0v) is 12.8. The summed E-state index contributed by atoms with van der Waals surface area (Å²) in [7, 11) is 0. The first-order chi connectivity index (χ1) is 10.1. The normalized spacial score (nSPS) is 19.9. The molecule has 0 amide bonds. The molecule has 0 aromatic heterocycles. The largest absolute Gasteiger partial charge is 0.316 e.